The summed E-state index contributed by atoms with van der Waals surface area (Å²) in [6, 6.07) is 8.38. The third-order valence-electron chi connectivity index (χ3n) is 5.17. The van der Waals surface area contributed by atoms with E-state index in [0.29, 0.717) is 11.9 Å². The number of ether oxygens (including phenoxy) is 1. The summed E-state index contributed by atoms with van der Waals surface area (Å²) >= 11 is 0. The van der Waals surface area contributed by atoms with Crippen LogP contribution in [0.1, 0.15) is 30.8 Å². The normalized spacial score (nSPS) is 19.6. The molecule has 1 aliphatic heterocycles. The van der Waals surface area contributed by atoms with Crippen molar-refractivity contribution in [2.24, 2.45) is 5.92 Å². The van der Waals surface area contributed by atoms with Crippen LogP contribution in [0.3, 0.4) is 0 Å². The first kappa shape index (κ1) is 22.8. The second kappa shape index (κ2) is 9.51. The predicted octanol–water partition coefficient (Wildman–Crippen LogP) is 0.187. The Hall–Kier alpha value is -2.88. The van der Waals surface area contributed by atoms with E-state index in [2.05, 4.69) is 15.6 Å². The Morgan fingerprint density at radius 3 is 2.42 bits per heavy atom. The van der Waals surface area contributed by atoms with Crippen molar-refractivity contribution in [2.75, 3.05) is 19.8 Å². The molecule has 166 valence electrons. The van der Waals surface area contributed by atoms with Crippen molar-refractivity contribution in [1.29, 1.82) is 0 Å². The van der Waals surface area contributed by atoms with E-state index < -0.39 is 48.5 Å². The molecule has 1 saturated heterocycles. The molecule has 2 aromatic rings. The van der Waals surface area contributed by atoms with E-state index in [-0.39, 0.29) is 18.2 Å². The largest absolute Gasteiger partial charge is 0.394 e. The molecule has 2 heterocycles. The summed E-state index contributed by atoms with van der Waals surface area (Å²) in [5, 5.41) is 25.0. The third-order valence-corrected chi connectivity index (χ3v) is 5.17. The van der Waals surface area contributed by atoms with Crippen LogP contribution in [0.2, 0.25) is 0 Å². The number of benzene rings is 1. The number of carbonyl (C=O) groups excluding carboxylic acids is 3. The highest BCUT2D eigenvalue weighted by Crippen LogP contribution is 2.30. The standard InChI is InChI=1S/C22H27N3O6/c1-13(2)9-17(19(28)22(11-27)12-31-22)24-21(30)18(10-26)25-20(29)16-8-7-14-5-3-4-6-15(14)23-16/h3-8,13,17-18,26-27H,9-12H2,1-2H3,(H,24,30)(H,25,29)/t17?,18-,22?/m0/s1. The molecule has 31 heavy (non-hydrogen) atoms. The molecule has 0 radical (unpaired) electrons. The van der Waals surface area contributed by atoms with Gasteiger partial charge < -0.3 is 25.6 Å². The number of hydrogen-bond acceptors (Lipinski definition) is 7. The molecule has 0 spiro atoms. The van der Waals surface area contributed by atoms with E-state index in [1.165, 1.54) is 6.07 Å². The van der Waals surface area contributed by atoms with Gasteiger partial charge >= 0.3 is 0 Å². The minimum atomic E-state index is -1.28. The van der Waals surface area contributed by atoms with Gasteiger partial charge in [0.15, 0.2) is 11.4 Å². The highest BCUT2D eigenvalue weighted by atomic mass is 16.6. The smallest absolute Gasteiger partial charge is 0.270 e. The van der Waals surface area contributed by atoms with Gasteiger partial charge in [-0.3, -0.25) is 14.4 Å². The molecule has 2 amide bonds. The summed E-state index contributed by atoms with van der Waals surface area (Å²) in [6.07, 6.45) is 0.327. The minimum absolute atomic E-state index is 0.0766. The predicted molar refractivity (Wildman–Crippen MR) is 112 cm³/mol. The molecule has 1 fully saturated rings. The number of para-hydroxylation sites is 1. The zero-order valence-electron chi connectivity index (χ0n) is 17.5. The molecule has 1 aromatic heterocycles. The molecule has 1 aromatic carbocycles. The maximum Gasteiger partial charge on any atom is 0.270 e. The molecule has 3 atom stereocenters. The Morgan fingerprint density at radius 2 is 1.81 bits per heavy atom. The maximum atomic E-state index is 12.7. The van der Waals surface area contributed by atoms with Crippen LogP contribution in [0.5, 0.6) is 0 Å². The van der Waals surface area contributed by atoms with Gasteiger partial charge in [0.25, 0.3) is 5.91 Å². The first-order valence-corrected chi connectivity index (χ1v) is 10.2. The number of aliphatic hydroxyl groups excluding tert-OH is 2. The Labute approximate surface area is 179 Å². The van der Waals surface area contributed by atoms with Gasteiger partial charge in [-0.15, -0.1) is 0 Å². The van der Waals surface area contributed by atoms with E-state index >= 15 is 0 Å². The van der Waals surface area contributed by atoms with Crippen LogP contribution < -0.4 is 10.6 Å². The van der Waals surface area contributed by atoms with E-state index in [4.69, 9.17) is 4.74 Å². The van der Waals surface area contributed by atoms with Crippen LogP contribution in [0.15, 0.2) is 36.4 Å². The lowest BCUT2D eigenvalue weighted by Gasteiger charge is -2.24. The van der Waals surface area contributed by atoms with Crippen LogP contribution in [-0.4, -0.2) is 70.3 Å². The number of carbonyl (C=O) groups is 3. The molecule has 9 heteroatoms. The summed E-state index contributed by atoms with van der Waals surface area (Å²) in [7, 11) is 0. The summed E-state index contributed by atoms with van der Waals surface area (Å²) < 4.78 is 5.12. The number of nitrogens with zero attached hydrogens (tertiary/aromatic N) is 1. The quantitative estimate of drug-likeness (QED) is 0.395. The number of nitrogens with one attached hydrogen (secondary N) is 2. The minimum Gasteiger partial charge on any atom is -0.394 e. The highest BCUT2D eigenvalue weighted by Gasteiger charge is 2.54. The van der Waals surface area contributed by atoms with Gasteiger partial charge in [-0.05, 0) is 24.5 Å². The second-order valence-corrected chi connectivity index (χ2v) is 8.09. The topological polar surface area (TPSA) is 141 Å². The number of rotatable bonds is 10. The lowest BCUT2D eigenvalue weighted by Crippen LogP contribution is -2.55. The number of pyridine rings is 1. The van der Waals surface area contributed by atoms with Gasteiger partial charge in [0.2, 0.25) is 5.91 Å². The number of aromatic nitrogens is 1. The average molecular weight is 429 g/mol. The van der Waals surface area contributed by atoms with Crippen LogP contribution >= 0.6 is 0 Å². The number of amides is 2. The number of Topliss-reactive ketones (excluding diaryl/α,β-unsaturated/α-hetero) is 1. The number of aliphatic hydroxyl groups is 2. The summed E-state index contributed by atoms with van der Waals surface area (Å²) in [6.45, 7) is 2.76. The average Bonchev–Trinajstić information content (AvgIpc) is 3.56. The molecule has 0 aliphatic carbocycles. The summed E-state index contributed by atoms with van der Waals surface area (Å²) in [5.74, 6) is -1.67. The molecule has 3 rings (SSSR count). The van der Waals surface area contributed by atoms with Crippen molar-refractivity contribution in [3.05, 3.63) is 42.1 Å². The number of ketones is 1. The Bertz CT molecular complexity index is 973. The van der Waals surface area contributed by atoms with Crippen LogP contribution in [0, 0.1) is 5.92 Å². The Kier molecular flexibility index (Phi) is 6.99. The first-order valence-electron chi connectivity index (χ1n) is 10.2. The van der Waals surface area contributed by atoms with E-state index in [1.807, 2.05) is 26.0 Å². The monoisotopic (exact) mass is 429 g/mol. The number of fused-ring (bicyclic) bond motifs is 1. The van der Waals surface area contributed by atoms with Gasteiger partial charge in [0.1, 0.15) is 11.7 Å². The lowest BCUT2D eigenvalue weighted by atomic mass is 9.92. The zero-order chi connectivity index (χ0) is 22.6. The van der Waals surface area contributed by atoms with Crippen molar-refractivity contribution in [3.8, 4) is 0 Å². The zero-order valence-corrected chi connectivity index (χ0v) is 17.5. The fourth-order valence-corrected chi connectivity index (χ4v) is 3.31. The summed E-state index contributed by atoms with van der Waals surface area (Å²) in [5.41, 5.74) is -0.549. The fraction of sp³-hybridized carbons (Fsp3) is 0.455. The highest BCUT2D eigenvalue weighted by molar-refractivity contribution is 6.00. The maximum absolute atomic E-state index is 12.7. The fourth-order valence-electron chi connectivity index (χ4n) is 3.31. The van der Waals surface area contributed by atoms with E-state index in [1.54, 1.807) is 18.2 Å². The van der Waals surface area contributed by atoms with Gasteiger partial charge in [0, 0.05) is 5.39 Å². The molecule has 2 unspecified atom stereocenters. The van der Waals surface area contributed by atoms with Gasteiger partial charge in [-0.1, -0.05) is 38.1 Å². The van der Waals surface area contributed by atoms with Gasteiger partial charge in [-0.25, -0.2) is 4.98 Å². The first-order chi connectivity index (χ1) is 14.8. The van der Waals surface area contributed by atoms with Crippen LogP contribution in [0.4, 0.5) is 0 Å². The number of epoxide rings is 1. The number of hydrogen-bond donors (Lipinski definition) is 4. The van der Waals surface area contributed by atoms with Crippen LogP contribution in [-0.2, 0) is 14.3 Å². The van der Waals surface area contributed by atoms with Gasteiger partial charge in [0.05, 0.1) is 31.4 Å². The van der Waals surface area contributed by atoms with Crippen molar-refractivity contribution >= 4 is 28.5 Å². The SMILES string of the molecule is CC(C)CC(NC(=O)[C@H](CO)NC(=O)c1ccc2ccccc2n1)C(=O)C1(CO)CO1. The molecular formula is C22H27N3O6. The molecule has 9 nitrogen and oxygen atoms in total. The third kappa shape index (κ3) is 5.25. The van der Waals surface area contributed by atoms with E-state index in [0.717, 1.165) is 5.39 Å². The molecule has 0 saturated carbocycles. The Morgan fingerprint density at radius 1 is 1.10 bits per heavy atom. The molecule has 1 aliphatic rings. The lowest BCUT2D eigenvalue weighted by molar-refractivity contribution is -0.133. The second-order valence-electron chi connectivity index (χ2n) is 8.09. The van der Waals surface area contributed by atoms with Crippen LogP contribution in [0.25, 0.3) is 10.9 Å². The van der Waals surface area contributed by atoms with Gasteiger partial charge in [-0.2, -0.15) is 0 Å². The Balaban J connectivity index is 1.70. The summed E-state index contributed by atoms with van der Waals surface area (Å²) in [4.78, 5) is 42.3. The van der Waals surface area contributed by atoms with Crippen molar-refractivity contribution < 1.29 is 29.3 Å². The van der Waals surface area contributed by atoms with Crippen molar-refractivity contribution in [1.82, 2.24) is 15.6 Å². The van der Waals surface area contributed by atoms with Crippen molar-refractivity contribution in [3.63, 3.8) is 0 Å². The van der Waals surface area contributed by atoms with Crippen molar-refractivity contribution in [2.45, 2.75) is 38.0 Å². The molecular weight excluding hydrogens is 402 g/mol. The molecule has 4 N–H and O–H groups in total. The van der Waals surface area contributed by atoms with E-state index in [9.17, 15) is 24.6 Å². The molecule has 0 bridgehead atoms.